The minimum Gasteiger partial charge on any atom is -0.393 e. The molecule has 4 saturated carbocycles. The van der Waals surface area contributed by atoms with Gasteiger partial charge in [0.15, 0.2) is 0 Å². The normalized spacial score (nSPS) is 41.6. The van der Waals surface area contributed by atoms with Crippen LogP contribution in [-0.4, -0.2) is 54.6 Å². The third-order valence-corrected chi connectivity index (χ3v) is 12.9. The molecule has 0 bridgehead atoms. The molecule has 4 fully saturated rings. The monoisotopic (exact) mass is 548 g/mol. The standard InChI is InChI=1S/C34H65N3O2/c1-23(2)30(38)12-9-24(3)27-10-11-28-32-29(14-16-34(27,28)5)33(4)15-13-26(21-25(33)22-31(32)39)37-20-8-19-36-18-7-6-17-35/h23-32,36-39H,6-22,35H2,1-5H3/t24-,25-,26+,27-,28?,29?,30-,31?,32?,33+,34-/m1/s1. The number of rotatable bonds is 14. The topological polar surface area (TPSA) is 90.5 Å². The van der Waals surface area contributed by atoms with Crippen LogP contribution in [-0.2, 0) is 0 Å². The van der Waals surface area contributed by atoms with Gasteiger partial charge in [-0.1, -0.05) is 34.6 Å². The van der Waals surface area contributed by atoms with Crippen LogP contribution in [0, 0.1) is 52.3 Å². The SMILES string of the molecule is CC(C)[C@H](O)CC[C@@H](C)[C@H]1CCC2C3C(O)C[C@H]4C[C@@H](NCCCNCCCCN)CC[C@]4(C)C3CC[C@@]21C. The Morgan fingerprint density at radius 1 is 0.846 bits per heavy atom. The van der Waals surface area contributed by atoms with Crippen LogP contribution in [0.25, 0.3) is 0 Å². The molecular formula is C34H65N3O2. The van der Waals surface area contributed by atoms with E-state index in [2.05, 4.69) is 45.3 Å². The van der Waals surface area contributed by atoms with Crippen molar-refractivity contribution in [3.05, 3.63) is 0 Å². The van der Waals surface area contributed by atoms with Crippen molar-refractivity contribution >= 4 is 0 Å². The molecule has 5 heteroatoms. The second-order valence-electron chi connectivity index (χ2n) is 15.4. The second kappa shape index (κ2) is 13.8. The third-order valence-electron chi connectivity index (χ3n) is 12.9. The summed E-state index contributed by atoms with van der Waals surface area (Å²) < 4.78 is 0. The highest BCUT2D eigenvalue weighted by atomic mass is 16.3. The average molecular weight is 548 g/mol. The van der Waals surface area contributed by atoms with Crippen LogP contribution >= 0.6 is 0 Å². The van der Waals surface area contributed by atoms with Crippen molar-refractivity contribution in [1.82, 2.24) is 10.6 Å². The molecule has 11 atom stereocenters. The largest absolute Gasteiger partial charge is 0.393 e. The summed E-state index contributed by atoms with van der Waals surface area (Å²) in [5.74, 6) is 4.29. The summed E-state index contributed by atoms with van der Waals surface area (Å²) in [6.07, 6.45) is 15.5. The third kappa shape index (κ3) is 6.90. The Morgan fingerprint density at radius 2 is 1.56 bits per heavy atom. The van der Waals surface area contributed by atoms with E-state index in [1.165, 1.54) is 57.8 Å². The van der Waals surface area contributed by atoms with Crippen molar-refractivity contribution < 1.29 is 10.2 Å². The molecule has 0 aromatic rings. The minimum absolute atomic E-state index is 0.119. The number of aliphatic hydroxyl groups is 2. The zero-order valence-corrected chi connectivity index (χ0v) is 26.3. The summed E-state index contributed by atoms with van der Waals surface area (Å²) >= 11 is 0. The van der Waals surface area contributed by atoms with Crippen LogP contribution in [0.15, 0.2) is 0 Å². The highest BCUT2D eigenvalue weighted by Crippen LogP contribution is 2.68. The molecule has 5 nitrogen and oxygen atoms in total. The van der Waals surface area contributed by atoms with Crippen LogP contribution in [0.4, 0.5) is 0 Å². The predicted molar refractivity (Wildman–Crippen MR) is 163 cm³/mol. The zero-order valence-electron chi connectivity index (χ0n) is 26.3. The lowest BCUT2D eigenvalue weighted by molar-refractivity contribution is -0.167. The van der Waals surface area contributed by atoms with E-state index in [1.807, 2.05) is 0 Å². The van der Waals surface area contributed by atoms with Gasteiger partial charge >= 0.3 is 0 Å². The number of nitrogens with two attached hydrogens (primary N) is 1. The maximum absolute atomic E-state index is 11.7. The molecule has 0 radical (unpaired) electrons. The fourth-order valence-corrected chi connectivity index (χ4v) is 10.4. The van der Waals surface area contributed by atoms with Gasteiger partial charge in [-0.05, 0) is 162 Å². The molecule has 4 aliphatic rings. The van der Waals surface area contributed by atoms with Crippen molar-refractivity contribution in [3.63, 3.8) is 0 Å². The lowest BCUT2D eigenvalue weighted by Crippen LogP contribution is -2.59. The Kier molecular flexibility index (Phi) is 11.3. The summed E-state index contributed by atoms with van der Waals surface area (Å²) in [5.41, 5.74) is 6.35. The molecule has 0 aromatic carbocycles. The van der Waals surface area contributed by atoms with Gasteiger partial charge < -0.3 is 26.6 Å². The van der Waals surface area contributed by atoms with Crippen molar-refractivity contribution in [2.24, 2.45) is 58.0 Å². The molecule has 228 valence electrons. The number of hydrogen-bond donors (Lipinski definition) is 5. The van der Waals surface area contributed by atoms with Gasteiger partial charge in [-0.2, -0.15) is 0 Å². The van der Waals surface area contributed by atoms with Crippen molar-refractivity contribution in [3.8, 4) is 0 Å². The Morgan fingerprint density at radius 3 is 2.31 bits per heavy atom. The maximum atomic E-state index is 11.7. The number of unbranched alkanes of at least 4 members (excludes halogenated alkanes) is 1. The fourth-order valence-electron chi connectivity index (χ4n) is 10.4. The first-order valence-corrected chi connectivity index (χ1v) is 17.1. The van der Waals surface area contributed by atoms with E-state index in [-0.39, 0.29) is 12.2 Å². The van der Waals surface area contributed by atoms with Gasteiger partial charge in [-0.15, -0.1) is 0 Å². The van der Waals surface area contributed by atoms with E-state index in [4.69, 9.17) is 5.73 Å². The van der Waals surface area contributed by atoms with E-state index in [1.54, 1.807) is 0 Å². The Balaban J connectivity index is 1.30. The zero-order chi connectivity index (χ0) is 28.2. The molecule has 0 saturated heterocycles. The fraction of sp³-hybridized carbons (Fsp3) is 1.00. The summed E-state index contributed by atoms with van der Waals surface area (Å²) in [6, 6.07) is 0.621. The molecule has 4 rings (SSSR count). The minimum atomic E-state index is -0.169. The average Bonchev–Trinajstić information content (AvgIpc) is 3.26. The van der Waals surface area contributed by atoms with E-state index in [9.17, 15) is 10.2 Å². The van der Waals surface area contributed by atoms with E-state index < -0.39 is 0 Å². The summed E-state index contributed by atoms with van der Waals surface area (Å²) in [7, 11) is 0. The molecule has 39 heavy (non-hydrogen) atoms. The van der Waals surface area contributed by atoms with Crippen molar-refractivity contribution in [1.29, 1.82) is 0 Å². The van der Waals surface area contributed by atoms with Gasteiger partial charge in [0.05, 0.1) is 12.2 Å². The van der Waals surface area contributed by atoms with Gasteiger partial charge in [0.1, 0.15) is 0 Å². The molecule has 0 spiro atoms. The molecule has 6 N–H and O–H groups in total. The highest BCUT2D eigenvalue weighted by molar-refractivity contribution is 5.12. The maximum Gasteiger partial charge on any atom is 0.0577 e. The molecular weight excluding hydrogens is 482 g/mol. The van der Waals surface area contributed by atoms with Gasteiger partial charge in [0.2, 0.25) is 0 Å². The Labute approximate surface area is 241 Å². The summed E-state index contributed by atoms with van der Waals surface area (Å²) in [6.45, 7) is 16.0. The molecule has 0 aromatic heterocycles. The highest BCUT2D eigenvalue weighted by Gasteiger charge is 2.62. The summed E-state index contributed by atoms with van der Waals surface area (Å²) in [5, 5.41) is 29.6. The van der Waals surface area contributed by atoms with Gasteiger partial charge in [-0.3, -0.25) is 0 Å². The molecule has 0 heterocycles. The van der Waals surface area contributed by atoms with Crippen LogP contribution in [0.1, 0.15) is 118 Å². The number of aliphatic hydroxyl groups excluding tert-OH is 2. The molecule has 4 unspecified atom stereocenters. The molecule has 0 amide bonds. The Hall–Kier alpha value is -0.200. The number of nitrogens with one attached hydrogen (secondary N) is 2. The van der Waals surface area contributed by atoms with Crippen molar-refractivity contribution in [2.75, 3.05) is 26.2 Å². The van der Waals surface area contributed by atoms with Crippen LogP contribution in [0.2, 0.25) is 0 Å². The lowest BCUT2D eigenvalue weighted by atomic mass is 9.43. The second-order valence-corrected chi connectivity index (χ2v) is 15.4. The number of hydrogen-bond acceptors (Lipinski definition) is 5. The quantitative estimate of drug-likeness (QED) is 0.179. The van der Waals surface area contributed by atoms with E-state index in [0.29, 0.717) is 52.4 Å². The van der Waals surface area contributed by atoms with E-state index in [0.717, 1.165) is 57.8 Å². The van der Waals surface area contributed by atoms with E-state index >= 15 is 0 Å². The molecule has 4 aliphatic carbocycles. The van der Waals surface area contributed by atoms with Gasteiger partial charge in [0, 0.05) is 6.04 Å². The Bertz CT molecular complexity index is 748. The first-order chi connectivity index (χ1) is 18.6. The first-order valence-electron chi connectivity index (χ1n) is 17.1. The van der Waals surface area contributed by atoms with Crippen molar-refractivity contribution in [2.45, 2.75) is 136 Å². The van der Waals surface area contributed by atoms with Gasteiger partial charge in [0.25, 0.3) is 0 Å². The van der Waals surface area contributed by atoms with Gasteiger partial charge in [-0.25, -0.2) is 0 Å². The number of fused-ring (bicyclic) bond motifs is 5. The van der Waals surface area contributed by atoms with Crippen LogP contribution in [0.5, 0.6) is 0 Å². The lowest BCUT2D eigenvalue weighted by Gasteiger charge is -2.62. The predicted octanol–water partition coefficient (Wildman–Crippen LogP) is 5.73. The van der Waals surface area contributed by atoms with Crippen LogP contribution < -0.4 is 16.4 Å². The van der Waals surface area contributed by atoms with Crippen LogP contribution in [0.3, 0.4) is 0 Å². The summed E-state index contributed by atoms with van der Waals surface area (Å²) in [4.78, 5) is 0. The smallest absolute Gasteiger partial charge is 0.0577 e. The molecule has 0 aliphatic heterocycles. The first kappa shape index (κ1) is 31.7.